The maximum absolute atomic E-state index is 13.8. The highest BCUT2D eigenvalue weighted by molar-refractivity contribution is 6.02. The number of hydrogen-bond donors (Lipinski definition) is 3. The van der Waals surface area contributed by atoms with Crippen molar-refractivity contribution >= 4 is 27.8 Å². The number of benzene rings is 2. The highest BCUT2D eigenvalue weighted by Crippen LogP contribution is 2.37. The lowest BCUT2D eigenvalue weighted by atomic mass is 10.0. The maximum atomic E-state index is 13.8. The van der Waals surface area contributed by atoms with E-state index in [2.05, 4.69) is 25.1 Å². The number of aromatic nitrogens is 5. The first-order valence-corrected chi connectivity index (χ1v) is 8.14. The molecule has 3 aromatic heterocycles. The van der Waals surface area contributed by atoms with E-state index in [9.17, 15) is 8.78 Å². The van der Waals surface area contributed by atoms with Gasteiger partial charge in [0, 0.05) is 45.3 Å². The Bertz CT molecular complexity index is 1320. The molecule has 0 amide bonds. The molecule has 0 bridgehead atoms. The molecule has 0 saturated heterocycles. The van der Waals surface area contributed by atoms with Crippen LogP contribution in [-0.4, -0.2) is 25.1 Å². The standard InChI is InChI=1S/C19H12F2N6/c20-9-1-3-15-11(5-9)13(7-23-15)17-18(26-27-19(22)25-17)14-8-24-16-4-2-10(21)6-12(14)16/h1-8,23-24H,(H2,22,25,27). The van der Waals surface area contributed by atoms with Gasteiger partial charge in [-0.25, -0.2) is 13.8 Å². The van der Waals surface area contributed by atoms with Gasteiger partial charge in [0.25, 0.3) is 0 Å². The number of fused-ring (bicyclic) bond motifs is 2. The van der Waals surface area contributed by atoms with E-state index in [1.54, 1.807) is 24.5 Å². The Morgan fingerprint density at radius 3 is 1.89 bits per heavy atom. The van der Waals surface area contributed by atoms with Crippen LogP contribution in [0.5, 0.6) is 0 Å². The predicted octanol–water partition coefficient (Wildman–Crippen LogP) is 4.03. The Morgan fingerprint density at radius 2 is 1.30 bits per heavy atom. The number of nitrogen functional groups attached to an aromatic ring is 1. The predicted molar refractivity (Wildman–Crippen MR) is 98.7 cm³/mol. The molecule has 8 heteroatoms. The smallest absolute Gasteiger partial charge is 0.240 e. The van der Waals surface area contributed by atoms with Crippen molar-refractivity contribution in [1.29, 1.82) is 0 Å². The van der Waals surface area contributed by atoms with Gasteiger partial charge >= 0.3 is 0 Å². The number of hydrogen-bond acceptors (Lipinski definition) is 4. The van der Waals surface area contributed by atoms with E-state index in [1.807, 2.05) is 0 Å². The van der Waals surface area contributed by atoms with Gasteiger partial charge in [0.1, 0.15) is 23.0 Å². The normalized spacial score (nSPS) is 11.5. The number of nitrogens with zero attached hydrogens (tertiary/aromatic N) is 3. The molecule has 0 atom stereocenters. The molecule has 0 radical (unpaired) electrons. The number of anilines is 1. The first-order chi connectivity index (χ1) is 13.1. The van der Waals surface area contributed by atoms with Crippen LogP contribution in [0.15, 0.2) is 48.8 Å². The third-order valence-electron chi connectivity index (χ3n) is 4.50. The average molecular weight is 362 g/mol. The zero-order valence-electron chi connectivity index (χ0n) is 13.8. The fourth-order valence-electron chi connectivity index (χ4n) is 3.29. The molecule has 2 aromatic carbocycles. The van der Waals surface area contributed by atoms with Crippen LogP contribution in [0.1, 0.15) is 0 Å². The van der Waals surface area contributed by atoms with Crippen LogP contribution >= 0.6 is 0 Å². The molecule has 0 aliphatic heterocycles. The van der Waals surface area contributed by atoms with E-state index in [4.69, 9.17) is 5.73 Å². The summed E-state index contributed by atoms with van der Waals surface area (Å²) in [7, 11) is 0. The van der Waals surface area contributed by atoms with Crippen LogP contribution in [0.4, 0.5) is 14.7 Å². The van der Waals surface area contributed by atoms with Gasteiger partial charge in [-0.15, -0.1) is 10.2 Å². The molecule has 132 valence electrons. The van der Waals surface area contributed by atoms with Gasteiger partial charge in [-0.3, -0.25) is 0 Å². The van der Waals surface area contributed by atoms with Crippen LogP contribution in [0.2, 0.25) is 0 Å². The summed E-state index contributed by atoms with van der Waals surface area (Å²) in [6, 6.07) is 8.87. The lowest BCUT2D eigenvalue weighted by Gasteiger charge is -2.07. The van der Waals surface area contributed by atoms with Crippen molar-refractivity contribution in [1.82, 2.24) is 25.1 Å². The number of halogens is 2. The van der Waals surface area contributed by atoms with Gasteiger partial charge in [-0.05, 0) is 36.4 Å². The zero-order valence-corrected chi connectivity index (χ0v) is 13.8. The lowest BCUT2D eigenvalue weighted by molar-refractivity contribution is 0.629. The fraction of sp³-hybridized carbons (Fsp3) is 0. The van der Waals surface area contributed by atoms with Crippen LogP contribution in [0.25, 0.3) is 44.3 Å². The number of aromatic amines is 2. The van der Waals surface area contributed by atoms with Crippen molar-refractivity contribution in [2.24, 2.45) is 0 Å². The Balaban J connectivity index is 1.82. The van der Waals surface area contributed by atoms with Crippen molar-refractivity contribution in [2.75, 3.05) is 5.73 Å². The van der Waals surface area contributed by atoms with E-state index in [0.29, 0.717) is 33.3 Å². The Labute approximate surface area is 151 Å². The Hall–Kier alpha value is -3.81. The van der Waals surface area contributed by atoms with Crippen LogP contribution in [-0.2, 0) is 0 Å². The summed E-state index contributed by atoms with van der Waals surface area (Å²) in [4.78, 5) is 10.5. The number of nitrogens with one attached hydrogen (secondary N) is 2. The van der Waals surface area contributed by atoms with Crippen molar-refractivity contribution in [2.45, 2.75) is 0 Å². The molecule has 0 spiro atoms. The van der Waals surface area contributed by atoms with Gasteiger partial charge in [0.05, 0.1) is 0 Å². The second-order valence-corrected chi connectivity index (χ2v) is 6.15. The SMILES string of the molecule is Nc1nnc(-c2c[nH]c3ccc(F)cc23)c(-c2c[nH]c3ccc(F)cc23)n1. The minimum Gasteiger partial charge on any atom is -0.366 e. The summed E-state index contributed by atoms with van der Waals surface area (Å²) in [6.45, 7) is 0. The van der Waals surface area contributed by atoms with Gasteiger partial charge in [0.2, 0.25) is 5.95 Å². The Morgan fingerprint density at radius 1 is 0.741 bits per heavy atom. The molecule has 3 heterocycles. The molecule has 5 rings (SSSR count). The molecule has 0 aliphatic rings. The molecule has 0 aliphatic carbocycles. The molecule has 5 aromatic rings. The quantitative estimate of drug-likeness (QED) is 0.442. The summed E-state index contributed by atoms with van der Waals surface area (Å²) >= 11 is 0. The van der Waals surface area contributed by atoms with Crippen LogP contribution in [0.3, 0.4) is 0 Å². The second-order valence-electron chi connectivity index (χ2n) is 6.15. The monoisotopic (exact) mass is 362 g/mol. The van der Waals surface area contributed by atoms with Gasteiger partial charge in [0.15, 0.2) is 0 Å². The van der Waals surface area contributed by atoms with Crippen molar-refractivity contribution in [3.63, 3.8) is 0 Å². The van der Waals surface area contributed by atoms with Gasteiger partial charge in [-0.2, -0.15) is 0 Å². The first kappa shape index (κ1) is 15.4. The highest BCUT2D eigenvalue weighted by atomic mass is 19.1. The maximum Gasteiger partial charge on any atom is 0.240 e. The fourth-order valence-corrected chi connectivity index (χ4v) is 3.29. The first-order valence-electron chi connectivity index (χ1n) is 8.14. The number of rotatable bonds is 2. The third kappa shape index (κ3) is 2.42. The topological polar surface area (TPSA) is 96.3 Å². The van der Waals surface area contributed by atoms with E-state index < -0.39 is 0 Å². The molecule has 6 nitrogen and oxygen atoms in total. The largest absolute Gasteiger partial charge is 0.366 e. The van der Waals surface area contributed by atoms with Crippen molar-refractivity contribution in [3.8, 4) is 22.5 Å². The minimum atomic E-state index is -0.367. The van der Waals surface area contributed by atoms with Crippen LogP contribution < -0.4 is 5.73 Å². The third-order valence-corrected chi connectivity index (χ3v) is 4.50. The molecule has 4 N–H and O–H groups in total. The van der Waals surface area contributed by atoms with Crippen molar-refractivity contribution in [3.05, 3.63) is 60.4 Å². The highest BCUT2D eigenvalue weighted by Gasteiger charge is 2.19. The number of nitrogens with two attached hydrogens (primary N) is 1. The minimum absolute atomic E-state index is 0.00877. The average Bonchev–Trinajstić information content (AvgIpc) is 3.25. The lowest BCUT2D eigenvalue weighted by Crippen LogP contribution is -2.02. The molecule has 27 heavy (non-hydrogen) atoms. The van der Waals surface area contributed by atoms with E-state index in [-0.39, 0.29) is 17.6 Å². The van der Waals surface area contributed by atoms with Crippen molar-refractivity contribution < 1.29 is 8.78 Å². The number of H-pyrrole nitrogens is 2. The zero-order chi connectivity index (χ0) is 18.5. The summed E-state index contributed by atoms with van der Waals surface area (Å²) < 4.78 is 27.6. The summed E-state index contributed by atoms with van der Waals surface area (Å²) in [6.07, 6.45) is 3.43. The molecule has 0 fully saturated rings. The molecule has 0 saturated carbocycles. The molecular weight excluding hydrogens is 350 g/mol. The van der Waals surface area contributed by atoms with E-state index >= 15 is 0 Å². The van der Waals surface area contributed by atoms with Gasteiger partial charge < -0.3 is 15.7 Å². The summed E-state index contributed by atoms with van der Waals surface area (Å²) in [5, 5.41) is 9.34. The summed E-state index contributed by atoms with van der Waals surface area (Å²) in [5.74, 6) is -0.741. The second kappa shape index (κ2) is 5.60. The molecule has 0 unspecified atom stereocenters. The van der Waals surface area contributed by atoms with Gasteiger partial charge in [-0.1, -0.05) is 0 Å². The molecular formula is C19H12F2N6. The van der Waals surface area contributed by atoms with E-state index in [1.165, 1.54) is 24.3 Å². The Kier molecular flexibility index (Phi) is 3.20. The summed E-state index contributed by atoms with van der Waals surface area (Å²) in [5.41, 5.74) is 9.38. The van der Waals surface area contributed by atoms with E-state index in [0.717, 1.165) is 11.0 Å². The van der Waals surface area contributed by atoms with Crippen LogP contribution in [0, 0.1) is 11.6 Å².